The Labute approximate surface area is 276 Å². The van der Waals surface area contributed by atoms with Crippen molar-refractivity contribution in [2.24, 2.45) is 18.4 Å². The van der Waals surface area contributed by atoms with Crippen LogP contribution in [0.3, 0.4) is 0 Å². The molecule has 0 atom stereocenters. The Balaban J connectivity index is 1.12. The lowest BCUT2D eigenvalue weighted by atomic mass is 9.66. The summed E-state index contributed by atoms with van der Waals surface area (Å²) in [6, 6.07) is 30.4. The Hall–Kier alpha value is -4.41. The van der Waals surface area contributed by atoms with Crippen molar-refractivity contribution in [3.05, 3.63) is 102 Å². The second kappa shape index (κ2) is 13.0. The van der Waals surface area contributed by atoms with Gasteiger partial charge in [0.15, 0.2) is 0 Å². The Kier molecular flexibility index (Phi) is 8.63. The number of nitrogens with zero attached hydrogens (tertiary/aromatic N) is 4. The molecule has 2 aliphatic rings. The van der Waals surface area contributed by atoms with E-state index in [2.05, 4.69) is 23.1 Å². The van der Waals surface area contributed by atoms with Crippen LogP contribution in [0.25, 0.3) is 22.2 Å². The van der Waals surface area contributed by atoms with E-state index < -0.39 is 10.1 Å². The molecule has 3 heterocycles. The summed E-state index contributed by atoms with van der Waals surface area (Å²) in [5, 5.41) is 6.06. The van der Waals surface area contributed by atoms with E-state index in [0.717, 1.165) is 78.3 Å². The van der Waals surface area contributed by atoms with Gasteiger partial charge in [-0.25, -0.2) is 0 Å². The predicted molar refractivity (Wildman–Crippen MR) is 183 cm³/mol. The summed E-state index contributed by atoms with van der Waals surface area (Å²) in [4.78, 5) is 7.27. The Morgan fingerprint density at radius 2 is 1.49 bits per heavy atom. The number of pyridine rings is 1. The number of hydrogen-bond acceptors (Lipinski definition) is 8. The maximum Gasteiger partial charge on any atom is 0.264 e. The second-order valence-corrected chi connectivity index (χ2v) is 14.6. The standard InChI is InChI=1S/C37H40N4O5S/c1-40-35-30(14-9-15-32(35)41-25-37(26-41)20-18-29(19-21-37)24-46-47(2,42)43)34(39-40)31-16-17-33(44-22-27-10-5-3-6-11-27)38-36(31)45-23-28-12-7-4-8-13-28/h3-17,29H,18-26H2,1-2H3. The molecule has 47 heavy (non-hydrogen) atoms. The van der Waals surface area contributed by atoms with Crippen LogP contribution in [0.4, 0.5) is 5.69 Å². The third-order valence-electron chi connectivity index (χ3n) is 9.46. The van der Waals surface area contributed by atoms with Gasteiger partial charge in [-0.05, 0) is 54.9 Å². The van der Waals surface area contributed by atoms with Crippen molar-refractivity contribution in [3.8, 4) is 23.0 Å². The molecule has 0 radical (unpaired) electrons. The lowest BCUT2D eigenvalue weighted by Crippen LogP contribution is -2.58. The Bertz CT molecular complexity index is 1950. The Morgan fingerprint density at radius 1 is 0.830 bits per heavy atom. The number of fused-ring (bicyclic) bond motifs is 1. The van der Waals surface area contributed by atoms with Crippen LogP contribution < -0.4 is 14.4 Å². The molecular weight excluding hydrogens is 612 g/mol. The SMILES string of the molecule is Cn1nc(-c2ccc(OCc3ccccc3)nc2OCc2ccccc2)c2cccc(N3CC4(CCC(COS(C)(=O)=O)CC4)C3)c21. The third kappa shape index (κ3) is 6.99. The van der Waals surface area contributed by atoms with E-state index in [4.69, 9.17) is 23.7 Å². The highest BCUT2D eigenvalue weighted by molar-refractivity contribution is 7.85. The number of para-hydroxylation sites is 1. The number of anilines is 1. The number of hydrogen-bond donors (Lipinski definition) is 0. The number of ether oxygens (including phenoxy) is 2. The topological polar surface area (TPSA) is 95.8 Å². The molecule has 0 N–H and O–H groups in total. The average molecular weight is 653 g/mol. The number of rotatable bonds is 11. The monoisotopic (exact) mass is 652 g/mol. The summed E-state index contributed by atoms with van der Waals surface area (Å²) in [6.07, 6.45) is 5.28. The smallest absolute Gasteiger partial charge is 0.264 e. The minimum atomic E-state index is -3.40. The van der Waals surface area contributed by atoms with Crippen LogP contribution in [0.2, 0.25) is 0 Å². The third-order valence-corrected chi connectivity index (χ3v) is 10.0. The van der Waals surface area contributed by atoms with Crippen LogP contribution in [0.1, 0.15) is 36.8 Å². The maximum atomic E-state index is 11.4. The largest absolute Gasteiger partial charge is 0.473 e. The van der Waals surface area contributed by atoms with E-state index in [-0.39, 0.29) is 5.41 Å². The van der Waals surface area contributed by atoms with Crippen molar-refractivity contribution in [2.75, 3.05) is 30.9 Å². The summed E-state index contributed by atoms with van der Waals surface area (Å²) in [5.74, 6) is 1.27. The highest BCUT2D eigenvalue weighted by atomic mass is 32.2. The van der Waals surface area contributed by atoms with Gasteiger partial charge in [-0.3, -0.25) is 8.86 Å². The number of aromatic nitrogens is 3. The molecule has 1 saturated carbocycles. The second-order valence-electron chi connectivity index (χ2n) is 13.0. The molecule has 0 unspecified atom stereocenters. The zero-order chi connectivity index (χ0) is 32.4. The summed E-state index contributed by atoms with van der Waals surface area (Å²) < 4.78 is 42.4. The zero-order valence-corrected chi connectivity index (χ0v) is 27.7. The van der Waals surface area contributed by atoms with Crippen molar-refractivity contribution < 1.29 is 22.1 Å². The Morgan fingerprint density at radius 3 is 2.15 bits per heavy atom. The van der Waals surface area contributed by atoms with Gasteiger partial charge in [0.25, 0.3) is 10.1 Å². The predicted octanol–water partition coefficient (Wildman–Crippen LogP) is 6.77. The van der Waals surface area contributed by atoms with Gasteiger partial charge in [-0.1, -0.05) is 72.8 Å². The first-order valence-corrected chi connectivity index (χ1v) is 18.0. The molecule has 10 heteroatoms. The minimum Gasteiger partial charge on any atom is -0.473 e. The van der Waals surface area contributed by atoms with Gasteiger partial charge < -0.3 is 14.4 Å². The van der Waals surface area contributed by atoms with Crippen LogP contribution in [-0.2, 0) is 34.6 Å². The van der Waals surface area contributed by atoms with Gasteiger partial charge in [-0.15, -0.1) is 0 Å². The first-order valence-electron chi connectivity index (χ1n) is 16.2. The minimum absolute atomic E-state index is 0.267. The molecule has 0 amide bonds. The van der Waals surface area contributed by atoms with Gasteiger partial charge in [0.05, 0.1) is 29.6 Å². The normalized spacial score (nSPS) is 16.3. The molecule has 3 aromatic carbocycles. The van der Waals surface area contributed by atoms with Crippen LogP contribution >= 0.6 is 0 Å². The molecule has 7 rings (SSSR count). The summed E-state index contributed by atoms with van der Waals surface area (Å²) in [5.41, 5.74) is 6.25. The van der Waals surface area contributed by atoms with Gasteiger partial charge in [-0.2, -0.15) is 18.5 Å². The highest BCUT2D eigenvalue weighted by Crippen LogP contribution is 2.49. The van der Waals surface area contributed by atoms with E-state index in [1.54, 1.807) is 0 Å². The van der Waals surface area contributed by atoms with Crippen molar-refractivity contribution in [1.82, 2.24) is 14.8 Å². The molecule has 1 aliphatic heterocycles. The average Bonchev–Trinajstić information content (AvgIpc) is 3.41. The van der Waals surface area contributed by atoms with Crippen molar-refractivity contribution >= 4 is 26.7 Å². The maximum absolute atomic E-state index is 11.4. The van der Waals surface area contributed by atoms with Gasteiger partial charge in [0, 0.05) is 37.0 Å². The lowest BCUT2D eigenvalue weighted by molar-refractivity contribution is 0.0895. The fourth-order valence-electron chi connectivity index (χ4n) is 6.95. The van der Waals surface area contributed by atoms with Crippen LogP contribution in [0.5, 0.6) is 11.8 Å². The fraction of sp³-hybridized carbons (Fsp3) is 0.351. The summed E-state index contributed by atoms with van der Waals surface area (Å²) in [7, 11) is -1.41. The van der Waals surface area contributed by atoms with E-state index in [1.807, 2.05) is 84.5 Å². The zero-order valence-electron chi connectivity index (χ0n) is 26.8. The van der Waals surface area contributed by atoms with Gasteiger partial charge in [0.2, 0.25) is 11.8 Å². The first kappa shape index (κ1) is 31.2. The molecule has 5 aromatic rings. The fourth-order valence-corrected chi connectivity index (χ4v) is 7.39. The van der Waals surface area contributed by atoms with E-state index in [1.165, 1.54) is 5.69 Å². The molecule has 1 aliphatic carbocycles. The molecule has 1 spiro atoms. The van der Waals surface area contributed by atoms with E-state index in [0.29, 0.717) is 37.5 Å². The molecular formula is C37H40N4O5S. The molecule has 2 fully saturated rings. The molecule has 1 saturated heterocycles. The lowest BCUT2D eigenvalue weighted by Gasteiger charge is -2.54. The van der Waals surface area contributed by atoms with E-state index in [9.17, 15) is 8.42 Å². The van der Waals surface area contributed by atoms with Crippen LogP contribution in [0.15, 0.2) is 91.0 Å². The van der Waals surface area contributed by atoms with Gasteiger partial charge in [0.1, 0.15) is 18.9 Å². The van der Waals surface area contributed by atoms with Gasteiger partial charge >= 0.3 is 0 Å². The molecule has 244 valence electrons. The number of benzene rings is 3. The van der Waals surface area contributed by atoms with Crippen molar-refractivity contribution in [3.63, 3.8) is 0 Å². The van der Waals surface area contributed by atoms with Crippen molar-refractivity contribution in [2.45, 2.75) is 38.9 Å². The molecule has 0 bridgehead atoms. The van der Waals surface area contributed by atoms with Crippen LogP contribution in [-0.4, -0.2) is 49.1 Å². The highest BCUT2D eigenvalue weighted by Gasteiger charge is 2.45. The van der Waals surface area contributed by atoms with Crippen LogP contribution in [0, 0.1) is 11.3 Å². The quantitative estimate of drug-likeness (QED) is 0.144. The van der Waals surface area contributed by atoms with Crippen molar-refractivity contribution in [1.29, 1.82) is 0 Å². The first-order chi connectivity index (χ1) is 22.8. The molecule has 2 aromatic heterocycles. The molecule has 9 nitrogen and oxygen atoms in total. The summed E-state index contributed by atoms with van der Waals surface area (Å²) in [6.45, 7) is 3.03. The summed E-state index contributed by atoms with van der Waals surface area (Å²) >= 11 is 0. The number of aryl methyl sites for hydroxylation is 1. The van der Waals surface area contributed by atoms with E-state index >= 15 is 0 Å².